The highest BCUT2D eigenvalue weighted by Gasteiger charge is 2.07. The van der Waals surface area contributed by atoms with Crippen molar-refractivity contribution in [2.45, 2.75) is 0 Å². The number of nitrogens with zero attached hydrogens (tertiary/aromatic N) is 2. The molecule has 0 spiro atoms. The fourth-order valence-corrected chi connectivity index (χ4v) is 2.84. The van der Waals surface area contributed by atoms with Crippen LogP contribution >= 0.6 is 23.7 Å². The largest absolute Gasteiger partial charge is 0.322 e. The highest BCUT2D eigenvalue weighted by molar-refractivity contribution is 7.14. The molecule has 0 saturated carbocycles. The zero-order chi connectivity index (χ0) is 16.8. The summed E-state index contributed by atoms with van der Waals surface area (Å²) in [6, 6.07) is 12.0. The van der Waals surface area contributed by atoms with Gasteiger partial charge in [0.2, 0.25) is 5.91 Å². The van der Waals surface area contributed by atoms with E-state index >= 15 is 0 Å². The van der Waals surface area contributed by atoms with Crippen molar-refractivity contribution in [3.8, 4) is 11.3 Å². The summed E-state index contributed by atoms with van der Waals surface area (Å²) in [7, 11) is 0. The number of anilines is 1. The van der Waals surface area contributed by atoms with Crippen LogP contribution in [0.1, 0.15) is 11.1 Å². The second-order valence-electron chi connectivity index (χ2n) is 5.03. The predicted molar refractivity (Wildman–Crippen MR) is 106 cm³/mol. The van der Waals surface area contributed by atoms with Gasteiger partial charge < -0.3 is 11.1 Å². The van der Waals surface area contributed by atoms with Crippen LogP contribution < -0.4 is 11.1 Å². The standard InChI is InChI=1S/C18H16N4OS.ClH/c19-11-17(23)22-18-21-16(12-24-18)15-3-1-2-14(10-15)5-4-13-6-8-20-9-7-13;/h1-10,12H,11,19H2,(H,21,22,23);1H/b5-4+;. The Morgan fingerprint density at radius 2 is 1.92 bits per heavy atom. The molecular weight excluding hydrogens is 356 g/mol. The molecule has 3 aromatic rings. The maximum absolute atomic E-state index is 11.3. The van der Waals surface area contributed by atoms with Crippen molar-refractivity contribution < 1.29 is 4.79 Å². The second kappa shape index (κ2) is 9.08. The van der Waals surface area contributed by atoms with Crippen LogP contribution in [0.15, 0.2) is 54.2 Å². The molecule has 2 aromatic heterocycles. The number of rotatable bonds is 5. The van der Waals surface area contributed by atoms with Crippen LogP contribution in [0.2, 0.25) is 0 Å². The van der Waals surface area contributed by atoms with Gasteiger partial charge in [0.25, 0.3) is 0 Å². The Morgan fingerprint density at radius 1 is 1.16 bits per heavy atom. The minimum Gasteiger partial charge on any atom is -0.322 e. The van der Waals surface area contributed by atoms with Crippen molar-refractivity contribution in [1.29, 1.82) is 0 Å². The Bertz CT molecular complexity index is 864. The zero-order valence-corrected chi connectivity index (χ0v) is 14.9. The van der Waals surface area contributed by atoms with Crippen molar-refractivity contribution in [2.75, 3.05) is 11.9 Å². The monoisotopic (exact) mass is 372 g/mol. The number of benzene rings is 1. The van der Waals surface area contributed by atoms with Gasteiger partial charge in [0, 0.05) is 23.3 Å². The minimum absolute atomic E-state index is 0. The highest BCUT2D eigenvalue weighted by Crippen LogP contribution is 2.26. The van der Waals surface area contributed by atoms with E-state index in [1.807, 2.05) is 47.9 Å². The average Bonchev–Trinajstić information content (AvgIpc) is 3.09. The number of amides is 1. The number of halogens is 1. The Kier molecular flexibility index (Phi) is 6.82. The Hall–Kier alpha value is -2.54. The number of carbonyl (C=O) groups excluding carboxylic acids is 1. The van der Waals surface area contributed by atoms with Crippen LogP contribution in [0.4, 0.5) is 5.13 Å². The molecular formula is C18H17ClN4OS. The van der Waals surface area contributed by atoms with Gasteiger partial charge in [0.1, 0.15) is 0 Å². The van der Waals surface area contributed by atoms with Crippen molar-refractivity contribution in [3.63, 3.8) is 0 Å². The quantitative estimate of drug-likeness (QED) is 0.715. The number of aromatic nitrogens is 2. The summed E-state index contributed by atoms with van der Waals surface area (Å²) < 4.78 is 0. The van der Waals surface area contributed by atoms with Crippen LogP contribution in [0.25, 0.3) is 23.4 Å². The van der Waals surface area contributed by atoms with Crippen LogP contribution in [0, 0.1) is 0 Å². The Morgan fingerprint density at radius 3 is 2.68 bits per heavy atom. The summed E-state index contributed by atoms with van der Waals surface area (Å²) in [6.45, 7) is -0.0514. The first-order valence-corrected chi connectivity index (χ1v) is 8.26. The van der Waals surface area contributed by atoms with E-state index in [4.69, 9.17) is 5.73 Å². The van der Waals surface area contributed by atoms with Gasteiger partial charge >= 0.3 is 0 Å². The Labute approximate surface area is 156 Å². The number of carbonyl (C=O) groups is 1. The lowest BCUT2D eigenvalue weighted by molar-refractivity contribution is -0.114. The number of nitrogens with one attached hydrogen (secondary N) is 1. The van der Waals surface area contributed by atoms with Crippen LogP contribution in [-0.4, -0.2) is 22.4 Å². The fraction of sp³-hybridized carbons (Fsp3) is 0.0556. The third-order valence-electron chi connectivity index (χ3n) is 3.29. The fourth-order valence-electron chi connectivity index (χ4n) is 2.10. The molecule has 0 unspecified atom stereocenters. The third-order valence-corrected chi connectivity index (χ3v) is 4.05. The van der Waals surface area contributed by atoms with E-state index in [9.17, 15) is 4.79 Å². The summed E-state index contributed by atoms with van der Waals surface area (Å²) in [4.78, 5) is 19.7. The first kappa shape index (κ1) is 18.8. The van der Waals surface area contributed by atoms with Crippen molar-refractivity contribution in [1.82, 2.24) is 9.97 Å². The first-order chi connectivity index (χ1) is 11.7. The SMILES string of the molecule is Cl.NCC(=O)Nc1nc(-c2cccc(/C=C/c3ccncc3)c2)cs1. The lowest BCUT2D eigenvalue weighted by Crippen LogP contribution is -2.21. The topological polar surface area (TPSA) is 80.9 Å². The van der Waals surface area contributed by atoms with Gasteiger partial charge in [-0.3, -0.25) is 9.78 Å². The molecule has 5 nitrogen and oxygen atoms in total. The van der Waals surface area contributed by atoms with E-state index in [0.29, 0.717) is 5.13 Å². The lowest BCUT2D eigenvalue weighted by atomic mass is 10.1. The molecule has 0 bridgehead atoms. The maximum Gasteiger partial charge on any atom is 0.239 e. The molecule has 0 radical (unpaired) electrons. The van der Waals surface area contributed by atoms with E-state index in [0.717, 1.165) is 22.4 Å². The summed E-state index contributed by atoms with van der Waals surface area (Å²) in [5.41, 5.74) is 9.28. The molecule has 2 heterocycles. The smallest absolute Gasteiger partial charge is 0.239 e. The molecule has 1 amide bonds. The van der Waals surface area contributed by atoms with Crippen molar-refractivity contribution in [2.24, 2.45) is 5.73 Å². The molecule has 0 aliphatic rings. The second-order valence-corrected chi connectivity index (χ2v) is 5.89. The normalized spacial score (nSPS) is 10.4. The number of hydrogen-bond donors (Lipinski definition) is 2. The van der Waals surface area contributed by atoms with Crippen molar-refractivity contribution in [3.05, 3.63) is 65.3 Å². The number of pyridine rings is 1. The summed E-state index contributed by atoms with van der Waals surface area (Å²) in [5, 5.41) is 5.13. The van der Waals surface area contributed by atoms with Crippen LogP contribution in [-0.2, 0) is 4.79 Å². The molecule has 25 heavy (non-hydrogen) atoms. The summed E-state index contributed by atoms with van der Waals surface area (Å²) in [6.07, 6.45) is 7.61. The lowest BCUT2D eigenvalue weighted by Gasteiger charge is -2.00. The van der Waals surface area contributed by atoms with E-state index < -0.39 is 0 Å². The van der Waals surface area contributed by atoms with Gasteiger partial charge in [-0.05, 0) is 29.3 Å². The van der Waals surface area contributed by atoms with E-state index in [1.54, 1.807) is 12.4 Å². The van der Waals surface area contributed by atoms with Crippen LogP contribution in [0.3, 0.4) is 0 Å². The molecule has 1 aromatic carbocycles. The molecule has 128 valence electrons. The predicted octanol–water partition coefficient (Wildman–Crippen LogP) is 3.69. The number of nitrogens with two attached hydrogens (primary N) is 1. The number of thiazole rings is 1. The Balaban J connectivity index is 0.00000225. The van der Waals surface area contributed by atoms with E-state index in [1.165, 1.54) is 11.3 Å². The number of hydrogen-bond acceptors (Lipinski definition) is 5. The van der Waals surface area contributed by atoms with Crippen molar-refractivity contribution >= 4 is 46.9 Å². The molecule has 7 heteroatoms. The zero-order valence-electron chi connectivity index (χ0n) is 13.3. The summed E-state index contributed by atoms with van der Waals surface area (Å²) in [5.74, 6) is -0.245. The van der Waals surface area contributed by atoms with E-state index in [2.05, 4.69) is 21.4 Å². The molecule has 0 aliphatic heterocycles. The molecule has 0 fully saturated rings. The van der Waals surface area contributed by atoms with Gasteiger partial charge in [-0.25, -0.2) is 4.98 Å². The van der Waals surface area contributed by atoms with Gasteiger partial charge in [-0.1, -0.05) is 30.4 Å². The van der Waals surface area contributed by atoms with Gasteiger partial charge in [0.05, 0.1) is 12.2 Å². The van der Waals surface area contributed by atoms with Gasteiger partial charge in [-0.2, -0.15) is 0 Å². The highest BCUT2D eigenvalue weighted by atomic mass is 35.5. The van der Waals surface area contributed by atoms with Crippen LogP contribution in [0.5, 0.6) is 0 Å². The maximum atomic E-state index is 11.3. The van der Waals surface area contributed by atoms with E-state index in [-0.39, 0.29) is 24.9 Å². The minimum atomic E-state index is -0.245. The molecule has 0 atom stereocenters. The third kappa shape index (κ3) is 5.22. The molecule has 3 rings (SSSR count). The summed E-state index contributed by atoms with van der Waals surface area (Å²) >= 11 is 1.38. The average molecular weight is 373 g/mol. The molecule has 3 N–H and O–H groups in total. The van der Waals surface area contributed by atoms with Gasteiger partial charge in [-0.15, -0.1) is 23.7 Å². The molecule has 0 saturated heterocycles. The van der Waals surface area contributed by atoms with Gasteiger partial charge in [0.15, 0.2) is 5.13 Å². The molecule has 0 aliphatic carbocycles. The first-order valence-electron chi connectivity index (χ1n) is 7.38.